The third-order valence-electron chi connectivity index (χ3n) is 8.39. The van der Waals surface area contributed by atoms with Gasteiger partial charge in [0.2, 0.25) is 11.8 Å². The molecular weight excluding hydrogens is 530 g/mol. The number of carbonyl (C=O) groups excluding carboxylic acids is 6. The van der Waals surface area contributed by atoms with Gasteiger partial charge in [-0.25, -0.2) is 14.5 Å². The summed E-state index contributed by atoms with van der Waals surface area (Å²) in [5.41, 5.74) is 0.561. The van der Waals surface area contributed by atoms with Gasteiger partial charge in [-0.05, 0) is 72.9 Å². The number of amides is 8. The van der Waals surface area contributed by atoms with E-state index in [1.54, 1.807) is 24.3 Å². The van der Waals surface area contributed by atoms with Crippen LogP contribution in [0.1, 0.15) is 24.0 Å². The third-order valence-corrected chi connectivity index (χ3v) is 8.39. The lowest BCUT2D eigenvalue weighted by Gasteiger charge is -2.50. The van der Waals surface area contributed by atoms with Crippen LogP contribution in [-0.2, 0) is 25.6 Å². The molecule has 2 aromatic carbocycles. The van der Waals surface area contributed by atoms with Gasteiger partial charge in [0.1, 0.15) is 11.3 Å². The fourth-order valence-electron chi connectivity index (χ4n) is 6.42. The van der Waals surface area contributed by atoms with E-state index in [1.165, 1.54) is 39.4 Å². The van der Waals surface area contributed by atoms with Crippen LogP contribution in [0.5, 0.6) is 5.75 Å². The van der Waals surface area contributed by atoms with E-state index in [1.807, 2.05) is 11.0 Å². The van der Waals surface area contributed by atoms with Crippen molar-refractivity contribution >= 4 is 53.1 Å². The molecule has 3 fully saturated rings. The zero-order valence-electron chi connectivity index (χ0n) is 22.7. The summed E-state index contributed by atoms with van der Waals surface area (Å²) in [7, 11) is 4.26. The minimum absolute atomic E-state index is 0.0662. The molecular formula is C29H27N5O7. The van der Waals surface area contributed by atoms with Crippen LogP contribution in [0.25, 0.3) is 6.08 Å². The second-order valence-corrected chi connectivity index (χ2v) is 10.6. The molecule has 0 aromatic heterocycles. The smallest absolute Gasteiger partial charge is 0.335 e. The first-order valence-electron chi connectivity index (χ1n) is 13.1. The highest BCUT2D eigenvalue weighted by Gasteiger charge is 2.63. The van der Waals surface area contributed by atoms with Crippen molar-refractivity contribution in [3.63, 3.8) is 0 Å². The molecule has 6 rings (SSSR count). The molecule has 12 nitrogen and oxygen atoms in total. The van der Waals surface area contributed by atoms with Gasteiger partial charge in [-0.2, -0.15) is 0 Å². The van der Waals surface area contributed by atoms with Gasteiger partial charge in [-0.15, -0.1) is 0 Å². The quantitative estimate of drug-likeness (QED) is 0.344. The molecule has 210 valence electrons. The molecule has 12 heteroatoms. The van der Waals surface area contributed by atoms with Gasteiger partial charge < -0.3 is 9.64 Å². The first-order valence-corrected chi connectivity index (χ1v) is 13.1. The van der Waals surface area contributed by atoms with Gasteiger partial charge in [0.05, 0.1) is 18.8 Å². The molecule has 1 N–H and O–H groups in total. The number of hydrogen-bond acceptors (Lipinski definition) is 8. The van der Waals surface area contributed by atoms with Gasteiger partial charge >= 0.3 is 12.1 Å². The summed E-state index contributed by atoms with van der Waals surface area (Å²) in [6.07, 6.45) is 2.86. The van der Waals surface area contributed by atoms with Gasteiger partial charge in [0, 0.05) is 26.3 Å². The van der Waals surface area contributed by atoms with Crippen LogP contribution in [-0.4, -0.2) is 79.3 Å². The highest BCUT2D eigenvalue weighted by molar-refractivity contribution is 6.39. The fraction of sp³-hybridized carbons (Fsp3) is 0.310. The van der Waals surface area contributed by atoms with Gasteiger partial charge in [-0.1, -0.05) is 6.07 Å². The van der Waals surface area contributed by atoms with E-state index < -0.39 is 47.1 Å². The normalized spacial score (nSPS) is 22.9. The van der Waals surface area contributed by atoms with E-state index in [4.69, 9.17) is 4.74 Å². The summed E-state index contributed by atoms with van der Waals surface area (Å²) in [5, 5.41) is 2.21. The standard InChI is InChI=1S/C29H27N5O7/c1-31-25(37)29(26(38)32(2)28(31)40)15-17-13-16(6-11-21(17)33-12-4-5-22(29)33)14-20-23(35)30-27(39)34(24(20)36)18-7-9-19(41-3)10-8-18/h6-11,13-14,22H,4-5,12,15H2,1-3H3,(H,30,35,39)/b20-14+. The Morgan fingerprint density at radius 1 is 0.951 bits per heavy atom. The van der Waals surface area contributed by atoms with Crippen molar-refractivity contribution in [3.05, 3.63) is 59.2 Å². The van der Waals surface area contributed by atoms with Crippen LogP contribution in [0, 0.1) is 5.41 Å². The molecule has 3 saturated heterocycles. The van der Waals surface area contributed by atoms with Gasteiger partial charge in [0.25, 0.3) is 11.8 Å². The third kappa shape index (κ3) is 3.74. The number of imide groups is 4. The summed E-state index contributed by atoms with van der Waals surface area (Å²) >= 11 is 0. The first-order chi connectivity index (χ1) is 19.6. The van der Waals surface area contributed by atoms with Crippen molar-refractivity contribution < 1.29 is 33.5 Å². The lowest BCUT2D eigenvalue weighted by atomic mass is 9.68. The maximum absolute atomic E-state index is 13.6. The monoisotopic (exact) mass is 557 g/mol. The van der Waals surface area contributed by atoms with Crippen LogP contribution >= 0.6 is 0 Å². The molecule has 4 aliphatic heterocycles. The first kappa shape index (κ1) is 26.2. The van der Waals surface area contributed by atoms with Crippen molar-refractivity contribution in [2.75, 3.05) is 37.5 Å². The maximum Gasteiger partial charge on any atom is 0.335 e. The molecule has 8 amide bonds. The molecule has 4 aliphatic rings. The minimum atomic E-state index is -1.47. The number of nitrogens with one attached hydrogen (secondary N) is 1. The van der Waals surface area contributed by atoms with Gasteiger partial charge in [0.15, 0.2) is 5.41 Å². The zero-order valence-corrected chi connectivity index (χ0v) is 22.7. The van der Waals surface area contributed by atoms with Crippen molar-refractivity contribution in [2.45, 2.75) is 25.3 Å². The molecule has 1 atom stereocenters. The number of benzene rings is 2. The number of urea groups is 2. The Morgan fingerprint density at radius 3 is 2.29 bits per heavy atom. The van der Waals surface area contributed by atoms with E-state index in [0.717, 1.165) is 26.8 Å². The van der Waals surface area contributed by atoms with E-state index in [9.17, 15) is 28.8 Å². The molecule has 41 heavy (non-hydrogen) atoms. The Bertz CT molecular complexity index is 1560. The SMILES string of the molecule is COc1ccc(N2C(=O)NC(=O)/C(=C\c3ccc4c(c3)CC3(C(=O)N(C)C(=O)N(C)C3=O)C3CCCN43)C2=O)cc1. The van der Waals surface area contributed by atoms with Crippen molar-refractivity contribution in [3.8, 4) is 5.75 Å². The lowest BCUT2D eigenvalue weighted by molar-refractivity contribution is -0.159. The van der Waals surface area contributed by atoms with E-state index >= 15 is 0 Å². The minimum Gasteiger partial charge on any atom is -0.497 e. The number of barbiturate groups is 2. The van der Waals surface area contributed by atoms with Crippen molar-refractivity contribution in [2.24, 2.45) is 5.41 Å². The van der Waals surface area contributed by atoms with Crippen molar-refractivity contribution in [1.82, 2.24) is 15.1 Å². The summed E-state index contributed by atoms with van der Waals surface area (Å²) in [6.45, 7) is 0.640. The Kier molecular flexibility index (Phi) is 5.94. The topological polar surface area (TPSA) is 137 Å². The summed E-state index contributed by atoms with van der Waals surface area (Å²) in [4.78, 5) is 83.4. The molecule has 0 radical (unpaired) electrons. The molecule has 1 spiro atoms. The number of carbonyl (C=O) groups is 6. The summed E-state index contributed by atoms with van der Waals surface area (Å²) in [5.74, 6) is -2.16. The van der Waals surface area contributed by atoms with Crippen LogP contribution < -0.4 is 19.9 Å². The van der Waals surface area contributed by atoms with E-state index in [-0.39, 0.29) is 17.7 Å². The Hall–Kier alpha value is -5.00. The van der Waals surface area contributed by atoms with Crippen LogP contribution in [0.4, 0.5) is 21.0 Å². The van der Waals surface area contributed by atoms with Crippen LogP contribution in [0.3, 0.4) is 0 Å². The molecule has 4 heterocycles. The number of hydrogen-bond donors (Lipinski definition) is 1. The molecule has 0 saturated carbocycles. The highest BCUT2D eigenvalue weighted by Crippen LogP contribution is 2.49. The number of nitrogens with zero attached hydrogens (tertiary/aromatic N) is 4. The Morgan fingerprint density at radius 2 is 1.63 bits per heavy atom. The number of ether oxygens (including phenoxy) is 1. The number of methoxy groups -OCH3 is 1. The lowest BCUT2D eigenvalue weighted by Crippen LogP contribution is -2.70. The average Bonchev–Trinajstić information content (AvgIpc) is 3.47. The molecule has 0 aliphatic carbocycles. The van der Waals surface area contributed by atoms with E-state index in [2.05, 4.69) is 5.32 Å². The second-order valence-electron chi connectivity index (χ2n) is 10.6. The largest absolute Gasteiger partial charge is 0.497 e. The number of fused-ring (bicyclic) bond motifs is 4. The summed E-state index contributed by atoms with van der Waals surface area (Å²) in [6, 6.07) is 9.66. The maximum atomic E-state index is 13.6. The predicted octanol–water partition coefficient (Wildman–Crippen LogP) is 1.92. The van der Waals surface area contributed by atoms with Crippen LogP contribution in [0.15, 0.2) is 48.0 Å². The number of anilines is 2. The second kappa shape index (κ2) is 9.29. The molecule has 0 bridgehead atoms. The van der Waals surface area contributed by atoms with Crippen LogP contribution in [0.2, 0.25) is 0 Å². The highest BCUT2D eigenvalue weighted by atomic mass is 16.5. The van der Waals surface area contributed by atoms with Gasteiger partial charge in [-0.3, -0.25) is 34.3 Å². The van der Waals surface area contributed by atoms with Crippen molar-refractivity contribution in [1.29, 1.82) is 0 Å². The fourth-order valence-corrected chi connectivity index (χ4v) is 6.42. The summed E-state index contributed by atoms with van der Waals surface area (Å²) < 4.78 is 5.13. The number of rotatable bonds is 3. The molecule has 1 unspecified atom stereocenters. The zero-order chi connectivity index (χ0) is 29.2. The Labute approximate surface area is 235 Å². The molecule has 2 aromatic rings. The predicted molar refractivity (Wildman–Crippen MR) is 146 cm³/mol. The average molecular weight is 558 g/mol. The Balaban J connectivity index is 1.39. The van der Waals surface area contributed by atoms with E-state index in [0.29, 0.717) is 29.8 Å².